The zero-order chi connectivity index (χ0) is 23.0. The Bertz CT molecular complexity index is 1240. The minimum atomic E-state index is -3.79. The summed E-state index contributed by atoms with van der Waals surface area (Å²) in [4.78, 5) is 22.8. The number of rotatable bonds is 4. The van der Waals surface area contributed by atoms with Crippen molar-refractivity contribution in [3.63, 3.8) is 0 Å². The lowest BCUT2D eigenvalue weighted by Crippen LogP contribution is -2.52. The fourth-order valence-corrected chi connectivity index (χ4v) is 5.28. The average Bonchev–Trinajstić information content (AvgIpc) is 3.20. The maximum Gasteiger partial charge on any atom is 0.282 e. The van der Waals surface area contributed by atoms with Crippen molar-refractivity contribution in [2.75, 3.05) is 26.7 Å². The van der Waals surface area contributed by atoms with Gasteiger partial charge in [-0.15, -0.1) is 11.3 Å². The highest BCUT2D eigenvalue weighted by molar-refractivity contribution is 7.89. The summed E-state index contributed by atoms with van der Waals surface area (Å²) in [5.41, 5.74) is 2.23. The highest BCUT2D eigenvalue weighted by Gasteiger charge is 2.28. The van der Waals surface area contributed by atoms with Crippen molar-refractivity contribution in [3.05, 3.63) is 58.6 Å². The van der Waals surface area contributed by atoms with Crippen molar-refractivity contribution in [1.82, 2.24) is 14.8 Å². The number of hydrogen-bond acceptors (Lipinski definition) is 6. The number of thiazole rings is 1. The van der Waals surface area contributed by atoms with Crippen molar-refractivity contribution in [2.24, 2.45) is 5.14 Å². The molecule has 2 aromatic carbocycles. The number of nitrogens with two attached hydrogens (primary N) is 1. The Morgan fingerprint density at radius 2 is 1.72 bits per heavy atom. The third-order valence-corrected chi connectivity index (χ3v) is 7.89. The van der Waals surface area contributed by atoms with Gasteiger partial charge in [-0.3, -0.25) is 4.79 Å². The van der Waals surface area contributed by atoms with Crippen LogP contribution in [0.3, 0.4) is 0 Å². The number of amides is 1. The van der Waals surface area contributed by atoms with E-state index in [9.17, 15) is 13.2 Å². The monoisotopic (exact) mass is 490 g/mol. The van der Waals surface area contributed by atoms with Gasteiger partial charge in [-0.25, -0.2) is 18.5 Å². The van der Waals surface area contributed by atoms with Gasteiger partial charge >= 0.3 is 0 Å². The topological polar surface area (TPSA) is 96.6 Å². The number of primary sulfonamides is 1. The fraction of sp³-hybridized carbons (Fsp3) is 0.273. The Morgan fingerprint density at radius 1 is 1.09 bits per heavy atom. The van der Waals surface area contributed by atoms with E-state index in [2.05, 4.69) is 18.9 Å². The van der Waals surface area contributed by atoms with Gasteiger partial charge in [0.15, 0.2) is 5.01 Å². The maximum atomic E-state index is 13.3. The number of aromatic nitrogens is 1. The van der Waals surface area contributed by atoms with Gasteiger partial charge in [0.25, 0.3) is 5.91 Å². The molecule has 10 heteroatoms. The summed E-state index contributed by atoms with van der Waals surface area (Å²) >= 11 is 7.35. The van der Waals surface area contributed by atoms with Crippen LogP contribution in [0.5, 0.6) is 0 Å². The number of benzene rings is 2. The van der Waals surface area contributed by atoms with Crippen molar-refractivity contribution >= 4 is 38.9 Å². The minimum absolute atomic E-state index is 0.0292. The SMILES string of the molecule is CC1CN(C(=O)c2nc(-c3ccc(Cl)cc3)c(-c3ccc(S(N)(=O)=O)cc3)s2)CCN1C. The molecule has 1 aliphatic rings. The lowest BCUT2D eigenvalue weighted by atomic mass is 10.1. The number of piperazine rings is 1. The van der Waals surface area contributed by atoms with Gasteiger partial charge in [0, 0.05) is 36.3 Å². The van der Waals surface area contributed by atoms with E-state index in [4.69, 9.17) is 21.7 Å². The Labute approximate surface area is 196 Å². The van der Waals surface area contributed by atoms with Crippen LogP contribution in [0.4, 0.5) is 0 Å². The Kier molecular flexibility index (Phi) is 6.37. The molecule has 0 aliphatic carbocycles. The molecule has 7 nitrogen and oxygen atoms in total. The van der Waals surface area contributed by atoms with E-state index in [1.807, 2.05) is 17.0 Å². The highest BCUT2D eigenvalue weighted by atomic mass is 35.5. The van der Waals surface area contributed by atoms with Crippen LogP contribution in [0, 0.1) is 0 Å². The first-order valence-electron chi connectivity index (χ1n) is 10.0. The quantitative estimate of drug-likeness (QED) is 0.603. The number of hydrogen-bond donors (Lipinski definition) is 1. The second kappa shape index (κ2) is 8.92. The predicted molar refractivity (Wildman–Crippen MR) is 127 cm³/mol. The molecule has 1 amide bonds. The highest BCUT2D eigenvalue weighted by Crippen LogP contribution is 2.38. The summed E-state index contributed by atoms with van der Waals surface area (Å²) in [6.07, 6.45) is 0. The molecule has 0 bridgehead atoms. The van der Waals surface area contributed by atoms with E-state index >= 15 is 0 Å². The molecule has 1 saturated heterocycles. The van der Waals surface area contributed by atoms with Crippen molar-refractivity contribution in [1.29, 1.82) is 0 Å². The van der Waals surface area contributed by atoms with Crippen LogP contribution in [-0.4, -0.2) is 61.8 Å². The van der Waals surface area contributed by atoms with Gasteiger partial charge in [-0.2, -0.15) is 0 Å². The lowest BCUT2D eigenvalue weighted by Gasteiger charge is -2.37. The third kappa shape index (κ3) is 4.72. The molecule has 1 unspecified atom stereocenters. The fourth-order valence-electron chi connectivity index (χ4n) is 3.57. The van der Waals surface area contributed by atoms with Crippen molar-refractivity contribution in [3.8, 4) is 21.7 Å². The average molecular weight is 491 g/mol. The first-order chi connectivity index (χ1) is 15.1. The lowest BCUT2D eigenvalue weighted by molar-refractivity contribution is 0.0572. The largest absolute Gasteiger partial charge is 0.334 e. The second-order valence-corrected chi connectivity index (χ2v) is 10.9. The van der Waals surface area contributed by atoms with Crippen LogP contribution in [0.2, 0.25) is 5.02 Å². The van der Waals surface area contributed by atoms with Crippen LogP contribution >= 0.6 is 22.9 Å². The normalized spacial score (nSPS) is 17.5. The third-order valence-electron chi connectivity index (χ3n) is 5.62. The molecule has 2 heterocycles. The number of halogens is 1. The molecule has 0 radical (unpaired) electrons. The maximum absolute atomic E-state index is 13.3. The van der Waals surface area contributed by atoms with E-state index in [-0.39, 0.29) is 16.8 Å². The summed E-state index contributed by atoms with van der Waals surface area (Å²) in [7, 11) is -1.74. The molecule has 32 heavy (non-hydrogen) atoms. The molecule has 1 aromatic heterocycles. The summed E-state index contributed by atoms with van der Waals surface area (Å²) in [6.45, 7) is 4.20. The standard InChI is InChI=1S/C22H23ClN4O3S2/c1-14-13-27(12-11-26(14)2)22(28)21-25-19(15-3-7-17(23)8-4-15)20(31-21)16-5-9-18(10-6-16)32(24,29)30/h3-10,14H,11-13H2,1-2H3,(H2,24,29,30). The zero-order valence-electron chi connectivity index (χ0n) is 17.7. The van der Waals surface area contributed by atoms with Crippen LogP contribution < -0.4 is 5.14 Å². The molecule has 0 saturated carbocycles. The molecule has 2 N–H and O–H groups in total. The number of likely N-dealkylation sites (N-methyl/N-ethyl adjacent to an activating group) is 1. The number of sulfonamides is 1. The van der Waals surface area contributed by atoms with Crippen LogP contribution in [0.25, 0.3) is 21.7 Å². The van der Waals surface area contributed by atoms with Gasteiger partial charge in [0.1, 0.15) is 0 Å². The van der Waals surface area contributed by atoms with Crippen LogP contribution in [-0.2, 0) is 10.0 Å². The van der Waals surface area contributed by atoms with Crippen molar-refractivity contribution in [2.45, 2.75) is 17.9 Å². The van der Waals surface area contributed by atoms with E-state index in [0.717, 1.165) is 22.5 Å². The minimum Gasteiger partial charge on any atom is -0.334 e. The van der Waals surface area contributed by atoms with Crippen molar-refractivity contribution < 1.29 is 13.2 Å². The summed E-state index contributed by atoms with van der Waals surface area (Å²) < 4.78 is 23.2. The first kappa shape index (κ1) is 22.9. The van der Waals surface area contributed by atoms with E-state index in [1.165, 1.54) is 23.5 Å². The van der Waals surface area contributed by atoms with Crippen LogP contribution in [0.15, 0.2) is 53.4 Å². The molecular formula is C22H23ClN4O3S2. The molecular weight excluding hydrogens is 468 g/mol. The predicted octanol–water partition coefficient (Wildman–Crippen LogP) is 3.55. The van der Waals surface area contributed by atoms with Gasteiger partial charge in [0.2, 0.25) is 10.0 Å². The molecule has 1 atom stereocenters. The first-order valence-corrected chi connectivity index (χ1v) is 12.8. The second-order valence-electron chi connectivity index (χ2n) is 7.85. The zero-order valence-corrected chi connectivity index (χ0v) is 20.0. The number of nitrogens with zero attached hydrogens (tertiary/aromatic N) is 3. The van der Waals surface area contributed by atoms with E-state index < -0.39 is 10.0 Å². The molecule has 168 valence electrons. The summed E-state index contributed by atoms with van der Waals surface area (Å²) in [5.74, 6) is -0.0995. The Balaban J connectivity index is 1.75. The van der Waals surface area contributed by atoms with Gasteiger partial charge < -0.3 is 9.80 Å². The molecule has 1 aliphatic heterocycles. The van der Waals surface area contributed by atoms with Gasteiger partial charge in [0.05, 0.1) is 15.5 Å². The molecule has 4 rings (SSSR count). The van der Waals surface area contributed by atoms with Gasteiger partial charge in [-0.1, -0.05) is 35.9 Å². The number of carbonyl (C=O) groups excluding carboxylic acids is 1. The molecule has 3 aromatic rings. The Hall–Kier alpha value is -2.30. The summed E-state index contributed by atoms with van der Waals surface area (Å²) in [6, 6.07) is 13.8. The van der Waals surface area contributed by atoms with E-state index in [1.54, 1.807) is 24.3 Å². The summed E-state index contributed by atoms with van der Waals surface area (Å²) in [5, 5.41) is 6.23. The Morgan fingerprint density at radius 3 is 2.31 bits per heavy atom. The van der Waals surface area contributed by atoms with Crippen LogP contribution in [0.1, 0.15) is 16.7 Å². The van der Waals surface area contributed by atoms with E-state index in [0.29, 0.717) is 28.8 Å². The van der Waals surface area contributed by atoms with Gasteiger partial charge in [-0.05, 0) is 43.8 Å². The molecule has 1 fully saturated rings. The molecule has 0 spiro atoms. The number of carbonyl (C=O) groups is 1. The smallest absolute Gasteiger partial charge is 0.282 e.